The van der Waals surface area contributed by atoms with Gasteiger partial charge in [-0.1, -0.05) is 48.5 Å². The van der Waals surface area contributed by atoms with Crippen molar-refractivity contribution in [1.29, 1.82) is 5.26 Å². The van der Waals surface area contributed by atoms with Crippen molar-refractivity contribution in [3.05, 3.63) is 83.7 Å². The van der Waals surface area contributed by atoms with E-state index in [0.717, 1.165) is 5.56 Å². The molecule has 2 amide bonds. The van der Waals surface area contributed by atoms with Crippen LogP contribution in [0.1, 0.15) is 21.7 Å². The molecule has 0 spiro atoms. The molecule has 0 aliphatic rings. The van der Waals surface area contributed by atoms with Gasteiger partial charge in [0.2, 0.25) is 5.78 Å². The number of carbonyl (C=O) groups excluding carboxylic acids is 3. The second-order valence-electron chi connectivity index (χ2n) is 6.22. The molecule has 1 aromatic heterocycles. The van der Waals surface area contributed by atoms with E-state index in [1.54, 1.807) is 48.5 Å². The second-order valence-corrected chi connectivity index (χ2v) is 6.22. The van der Waals surface area contributed by atoms with Crippen molar-refractivity contribution in [3.63, 3.8) is 0 Å². The first-order chi connectivity index (χ1) is 14.0. The number of rotatable bonds is 7. The van der Waals surface area contributed by atoms with Crippen LogP contribution in [-0.2, 0) is 16.0 Å². The van der Waals surface area contributed by atoms with Gasteiger partial charge in [0.1, 0.15) is 17.8 Å². The van der Waals surface area contributed by atoms with Crippen molar-refractivity contribution in [2.45, 2.75) is 12.5 Å². The van der Waals surface area contributed by atoms with Gasteiger partial charge in [0.05, 0.1) is 5.69 Å². The topological polar surface area (TPSA) is 131 Å². The van der Waals surface area contributed by atoms with Crippen molar-refractivity contribution < 1.29 is 14.4 Å². The number of Topliss-reactive ketones (excluding diaryl/α,β-unsaturated/α-hetero) is 1. The number of amides is 2. The van der Waals surface area contributed by atoms with Gasteiger partial charge in [-0.05, 0) is 17.7 Å². The number of hydrogen-bond acceptors (Lipinski definition) is 5. The SMILES string of the molecule is N#Cc1cc(C(=O)N[C@@H](Cc2ccccc2)C(=O)C(N)=O)nn1-c1ccccc1. The highest BCUT2D eigenvalue weighted by Crippen LogP contribution is 2.13. The fourth-order valence-electron chi connectivity index (χ4n) is 2.80. The molecule has 1 heterocycles. The maximum Gasteiger partial charge on any atom is 0.287 e. The van der Waals surface area contributed by atoms with Crippen LogP contribution in [0.2, 0.25) is 0 Å². The normalized spacial score (nSPS) is 11.3. The van der Waals surface area contributed by atoms with E-state index >= 15 is 0 Å². The van der Waals surface area contributed by atoms with Crippen LogP contribution in [0.3, 0.4) is 0 Å². The van der Waals surface area contributed by atoms with Crippen LogP contribution in [-0.4, -0.2) is 33.4 Å². The molecule has 0 saturated carbocycles. The smallest absolute Gasteiger partial charge is 0.287 e. The van der Waals surface area contributed by atoms with E-state index in [9.17, 15) is 19.6 Å². The minimum Gasteiger partial charge on any atom is -0.363 e. The maximum absolute atomic E-state index is 12.7. The summed E-state index contributed by atoms with van der Waals surface area (Å²) in [5, 5.41) is 16.0. The van der Waals surface area contributed by atoms with Gasteiger partial charge in [0.25, 0.3) is 11.8 Å². The third-order valence-electron chi connectivity index (χ3n) is 4.20. The van der Waals surface area contributed by atoms with E-state index in [4.69, 9.17) is 5.73 Å². The third-order valence-corrected chi connectivity index (χ3v) is 4.20. The predicted octanol–water partition coefficient (Wildman–Crippen LogP) is 1.14. The largest absolute Gasteiger partial charge is 0.363 e. The van der Waals surface area contributed by atoms with Crippen LogP contribution in [0.25, 0.3) is 5.69 Å². The lowest BCUT2D eigenvalue weighted by molar-refractivity contribution is -0.137. The Bertz CT molecular complexity index is 1080. The van der Waals surface area contributed by atoms with Crippen LogP contribution >= 0.6 is 0 Å². The molecule has 0 saturated heterocycles. The first-order valence-corrected chi connectivity index (χ1v) is 8.73. The molecular formula is C21H17N5O3. The fourth-order valence-corrected chi connectivity index (χ4v) is 2.80. The molecule has 8 heteroatoms. The summed E-state index contributed by atoms with van der Waals surface area (Å²) < 4.78 is 1.33. The number of ketones is 1. The summed E-state index contributed by atoms with van der Waals surface area (Å²) in [5.74, 6) is -2.74. The standard InChI is InChI=1S/C21H17N5O3/c22-13-16-12-18(25-26(16)15-9-5-2-6-10-15)21(29)24-17(19(27)20(23)28)11-14-7-3-1-4-8-14/h1-10,12,17H,11H2,(H2,23,28)(H,24,29)/t17-/m0/s1. The summed E-state index contributed by atoms with van der Waals surface area (Å²) >= 11 is 0. The highest BCUT2D eigenvalue weighted by atomic mass is 16.2. The van der Waals surface area contributed by atoms with E-state index in [2.05, 4.69) is 10.4 Å². The summed E-state index contributed by atoms with van der Waals surface area (Å²) in [5.41, 5.74) is 6.59. The summed E-state index contributed by atoms with van der Waals surface area (Å²) in [7, 11) is 0. The molecule has 3 rings (SSSR count). The number of nitriles is 1. The molecule has 0 unspecified atom stereocenters. The average Bonchev–Trinajstić information content (AvgIpc) is 3.18. The average molecular weight is 387 g/mol. The highest BCUT2D eigenvalue weighted by molar-refractivity contribution is 6.38. The molecule has 1 atom stereocenters. The van der Waals surface area contributed by atoms with Crippen molar-refractivity contribution in [3.8, 4) is 11.8 Å². The summed E-state index contributed by atoms with van der Waals surface area (Å²) in [6.45, 7) is 0. The van der Waals surface area contributed by atoms with Gasteiger partial charge in [0, 0.05) is 12.5 Å². The van der Waals surface area contributed by atoms with Gasteiger partial charge in [-0.15, -0.1) is 0 Å². The number of para-hydroxylation sites is 1. The Kier molecular flexibility index (Phi) is 5.80. The lowest BCUT2D eigenvalue weighted by atomic mass is 10.0. The quantitative estimate of drug-likeness (QED) is 0.587. The number of nitrogens with two attached hydrogens (primary N) is 1. The van der Waals surface area contributed by atoms with E-state index in [-0.39, 0.29) is 17.8 Å². The minimum atomic E-state index is -1.14. The number of hydrogen-bond donors (Lipinski definition) is 2. The lowest BCUT2D eigenvalue weighted by Gasteiger charge is -2.15. The molecular weight excluding hydrogens is 370 g/mol. The molecule has 0 radical (unpaired) electrons. The molecule has 0 fully saturated rings. The number of primary amides is 1. The third kappa shape index (κ3) is 4.54. The molecule has 3 aromatic rings. The Morgan fingerprint density at radius 2 is 1.69 bits per heavy atom. The van der Waals surface area contributed by atoms with E-state index in [0.29, 0.717) is 5.69 Å². The van der Waals surface area contributed by atoms with E-state index < -0.39 is 23.6 Å². The van der Waals surface area contributed by atoms with Gasteiger partial charge in [-0.3, -0.25) is 14.4 Å². The highest BCUT2D eigenvalue weighted by Gasteiger charge is 2.27. The molecule has 2 aromatic carbocycles. The van der Waals surface area contributed by atoms with E-state index in [1.165, 1.54) is 10.7 Å². The predicted molar refractivity (Wildman–Crippen MR) is 104 cm³/mol. The molecule has 0 aliphatic heterocycles. The number of nitrogens with one attached hydrogen (secondary N) is 1. The van der Waals surface area contributed by atoms with Gasteiger partial charge in [0.15, 0.2) is 5.69 Å². The summed E-state index contributed by atoms with van der Waals surface area (Å²) in [6, 6.07) is 19.9. The Morgan fingerprint density at radius 1 is 1.07 bits per heavy atom. The first kappa shape index (κ1) is 19.5. The fraction of sp³-hybridized carbons (Fsp3) is 0.0952. The zero-order chi connectivity index (χ0) is 20.8. The van der Waals surface area contributed by atoms with Gasteiger partial charge >= 0.3 is 0 Å². The van der Waals surface area contributed by atoms with Gasteiger partial charge < -0.3 is 11.1 Å². The van der Waals surface area contributed by atoms with Crippen molar-refractivity contribution in [1.82, 2.24) is 15.1 Å². The van der Waals surface area contributed by atoms with Gasteiger partial charge in [-0.2, -0.15) is 10.4 Å². The number of benzene rings is 2. The van der Waals surface area contributed by atoms with Crippen LogP contribution in [0.4, 0.5) is 0 Å². The number of nitrogens with zero attached hydrogens (tertiary/aromatic N) is 3. The van der Waals surface area contributed by atoms with Crippen LogP contribution in [0.15, 0.2) is 66.7 Å². The Morgan fingerprint density at radius 3 is 2.28 bits per heavy atom. The molecule has 3 N–H and O–H groups in total. The minimum absolute atomic E-state index is 0.0549. The van der Waals surface area contributed by atoms with Crippen molar-refractivity contribution in [2.75, 3.05) is 0 Å². The zero-order valence-electron chi connectivity index (χ0n) is 15.3. The Balaban J connectivity index is 1.86. The summed E-state index contributed by atoms with van der Waals surface area (Å²) in [6.07, 6.45) is 0.0961. The van der Waals surface area contributed by atoms with Crippen molar-refractivity contribution in [2.24, 2.45) is 5.73 Å². The Labute approximate surface area is 166 Å². The molecule has 0 bridgehead atoms. The van der Waals surface area contributed by atoms with Crippen molar-refractivity contribution >= 4 is 17.6 Å². The molecule has 8 nitrogen and oxygen atoms in total. The van der Waals surface area contributed by atoms with Crippen LogP contribution in [0, 0.1) is 11.3 Å². The van der Waals surface area contributed by atoms with E-state index in [1.807, 2.05) is 18.2 Å². The maximum atomic E-state index is 12.7. The van der Waals surface area contributed by atoms with Crippen LogP contribution in [0.5, 0.6) is 0 Å². The molecule has 0 aliphatic carbocycles. The lowest BCUT2D eigenvalue weighted by Crippen LogP contribution is -2.47. The van der Waals surface area contributed by atoms with Crippen LogP contribution < -0.4 is 11.1 Å². The molecule has 144 valence electrons. The monoisotopic (exact) mass is 387 g/mol. The van der Waals surface area contributed by atoms with Gasteiger partial charge in [-0.25, -0.2) is 4.68 Å². The molecule has 29 heavy (non-hydrogen) atoms. The zero-order valence-corrected chi connectivity index (χ0v) is 15.3. The Hall–Kier alpha value is -4.25. The number of carbonyl (C=O) groups is 3. The second kappa shape index (κ2) is 8.63. The number of aromatic nitrogens is 2. The first-order valence-electron chi connectivity index (χ1n) is 8.73. The summed E-state index contributed by atoms with van der Waals surface area (Å²) in [4.78, 5) is 36.3.